The van der Waals surface area contributed by atoms with Gasteiger partial charge in [0.05, 0.1) is 6.61 Å². The smallest absolute Gasteiger partial charge is 0.126 e. The molecule has 0 aliphatic rings. The average Bonchev–Trinajstić information content (AvgIpc) is 2.42. The second-order valence-corrected chi connectivity index (χ2v) is 6.65. The van der Waals surface area contributed by atoms with Crippen LogP contribution in [0.5, 0.6) is 5.75 Å². The van der Waals surface area contributed by atoms with Gasteiger partial charge >= 0.3 is 0 Å². The summed E-state index contributed by atoms with van der Waals surface area (Å²) in [6.45, 7) is 8.22. The van der Waals surface area contributed by atoms with Crippen LogP contribution in [0.3, 0.4) is 0 Å². The maximum Gasteiger partial charge on any atom is 0.126 e. The van der Waals surface area contributed by atoms with Gasteiger partial charge in [-0.15, -0.1) is 0 Å². The summed E-state index contributed by atoms with van der Waals surface area (Å²) >= 11 is 3.56. The predicted octanol–water partition coefficient (Wildman–Crippen LogP) is 4.19. The standard InChI is InChI=1S/C17H28BrNO2/c1-13(2)19-12-15-11-16(18)10-14(3)17(15)21-9-7-5-4-6-8-20/h10-11,13,19-20H,4-9,12H2,1-3H3. The highest BCUT2D eigenvalue weighted by molar-refractivity contribution is 9.10. The number of aliphatic hydroxyl groups excluding tert-OH is 1. The van der Waals surface area contributed by atoms with Crippen molar-refractivity contribution in [2.24, 2.45) is 0 Å². The maximum atomic E-state index is 8.76. The van der Waals surface area contributed by atoms with Crippen LogP contribution in [-0.2, 0) is 6.54 Å². The lowest BCUT2D eigenvalue weighted by Crippen LogP contribution is -2.22. The summed E-state index contributed by atoms with van der Waals surface area (Å²) in [5.41, 5.74) is 2.37. The van der Waals surface area contributed by atoms with Gasteiger partial charge in [-0.1, -0.05) is 36.2 Å². The number of hydrogen-bond acceptors (Lipinski definition) is 3. The first kappa shape index (κ1) is 18.5. The molecule has 0 bridgehead atoms. The first-order chi connectivity index (χ1) is 10.0. The van der Waals surface area contributed by atoms with Crippen molar-refractivity contribution in [3.05, 3.63) is 27.7 Å². The first-order valence-corrected chi connectivity index (χ1v) is 8.60. The van der Waals surface area contributed by atoms with Crippen LogP contribution in [0.15, 0.2) is 16.6 Å². The third-order valence-electron chi connectivity index (χ3n) is 3.32. The molecule has 0 amide bonds. The molecule has 0 saturated heterocycles. The lowest BCUT2D eigenvalue weighted by atomic mass is 10.1. The molecule has 0 heterocycles. The van der Waals surface area contributed by atoms with E-state index in [1.165, 1.54) is 11.1 Å². The van der Waals surface area contributed by atoms with Gasteiger partial charge in [0.25, 0.3) is 0 Å². The Labute approximate surface area is 137 Å². The SMILES string of the molecule is Cc1cc(Br)cc(CNC(C)C)c1OCCCCCCO. The second-order valence-electron chi connectivity index (χ2n) is 5.73. The topological polar surface area (TPSA) is 41.5 Å². The summed E-state index contributed by atoms with van der Waals surface area (Å²) in [6, 6.07) is 4.68. The number of ether oxygens (including phenoxy) is 1. The molecule has 1 aromatic rings. The lowest BCUT2D eigenvalue weighted by Gasteiger charge is -2.16. The molecule has 21 heavy (non-hydrogen) atoms. The van der Waals surface area contributed by atoms with E-state index >= 15 is 0 Å². The van der Waals surface area contributed by atoms with Gasteiger partial charge in [-0.3, -0.25) is 0 Å². The zero-order chi connectivity index (χ0) is 15.7. The first-order valence-electron chi connectivity index (χ1n) is 7.80. The van der Waals surface area contributed by atoms with Gasteiger partial charge in [0.15, 0.2) is 0 Å². The Bertz CT molecular complexity index is 421. The summed E-state index contributed by atoms with van der Waals surface area (Å²) in [4.78, 5) is 0. The molecular formula is C17H28BrNO2. The Hall–Kier alpha value is -0.580. The molecule has 2 N–H and O–H groups in total. The monoisotopic (exact) mass is 357 g/mol. The number of hydrogen-bond donors (Lipinski definition) is 2. The van der Waals surface area contributed by atoms with Gasteiger partial charge in [-0.05, 0) is 43.9 Å². The molecular weight excluding hydrogens is 330 g/mol. The highest BCUT2D eigenvalue weighted by atomic mass is 79.9. The van der Waals surface area contributed by atoms with Crippen LogP contribution < -0.4 is 10.1 Å². The normalized spacial score (nSPS) is 11.1. The molecule has 0 saturated carbocycles. The Morgan fingerprint density at radius 3 is 2.57 bits per heavy atom. The van der Waals surface area contributed by atoms with Gasteiger partial charge in [-0.2, -0.15) is 0 Å². The number of rotatable bonds is 10. The van der Waals surface area contributed by atoms with E-state index in [0.717, 1.165) is 49.1 Å². The molecule has 0 aliphatic heterocycles. The highest BCUT2D eigenvalue weighted by Crippen LogP contribution is 2.28. The number of unbranched alkanes of at least 4 members (excludes halogenated alkanes) is 3. The summed E-state index contributed by atoms with van der Waals surface area (Å²) in [7, 11) is 0. The van der Waals surface area contributed by atoms with E-state index in [4.69, 9.17) is 9.84 Å². The molecule has 1 aromatic carbocycles. The molecule has 0 aliphatic carbocycles. The van der Waals surface area contributed by atoms with Crippen LogP contribution in [0.4, 0.5) is 0 Å². The van der Waals surface area contributed by atoms with Crippen LogP contribution in [0.25, 0.3) is 0 Å². The van der Waals surface area contributed by atoms with Gasteiger partial charge < -0.3 is 15.2 Å². The number of nitrogens with one attached hydrogen (secondary N) is 1. The van der Waals surface area contributed by atoms with Crippen molar-refractivity contribution in [3.63, 3.8) is 0 Å². The van der Waals surface area contributed by atoms with Crippen molar-refractivity contribution in [3.8, 4) is 5.75 Å². The van der Waals surface area contributed by atoms with E-state index in [2.05, 4.69) is 54.2 Å². The zero-order valence-corrected chi connectivity index (χ0v) is 15.0. The predicted molar refractivity (Wildman–Crippen MR) is 91.9 cm³/mol. The molecule has 0 spiro atoms. The Morgan fingerprint density at radius 1 is 1.19 bits per heavy atom. The Kier molecular flexibility index (Phi) is 8.97. The van der Waals surface area contributed by atoms with Crippen molar-refractivity contribution in [2.45, 2.75) is 59.0 Å². The minimum atomic E-state index is 0.289. The van der Waals surface area contributed by atoms with Crippen LogP contribution in [0, 0.1) is 6.92 Å². The lowest BCUT2D eigenvalue weighted by molar-refractivity contribution is 0.272. The van der Waals surface area contributed by atoms with E-state index < -0.39 is 0 Å². The summed E-state index contributed by atoms with van der Waals surface area (Å²) in [6.07, 6.45) is 4.10. The van der Waals surface area contributed by atoms with Gasteiger partial charge in [-0.25, -0.2) is 0 Å². The fourth-order valence-corrected chi connectivity index (χ4v) is 2.81. The summed E-state index contributed by atoms with van der Waals surface area (Å²) in [5.74, 6) is 1.01. The zero-order valence-electron chi connectivity index (χ0n) is 13.4. The number of halogens is 1. The minimum Gasteiger partial charge on any atom is -0.493 e. The largest absolute Gasteiger partial charge is 0.493 e. The fourth-order valence-electron chi connectivity index (χ4n) is 2.19. The highest BCUT2D eigenvalue weighted by Gasteiger charge is 2.09. The molecule has 120 valence electrons. The Morgan fingerprint density at radius 2 is 1.90 bits per heavy atom. The van der Waals surface area contributed by atoms with Crippen molar-refractivity contribution >= 4 is 15.9 Å². The van der Waals surface area contributed by atoms with Crippen molar-refractivity contribution < 1.29 is 9.84 Å². The van der Waals surface area contributed by atoms with E-state index in [0.29, 0.717) is 6.04 Å². The quantitative estimate of drug-likeness (QED) is 0.617. The van der Waals surface area contributed by atoms with Crippen molar-refractivity contribution in [1.29, 1.82) is 0 Å². The number of benzene rings is 1. The van der Waals surface area contributed by atoms with E-state index in [9.17, 15) is 0 Å². The number of aliphatic hydroxyl groups is 1. The molecule has 0 fully saturated rings. The molecule has 1 rings (SSSR count). The van der Waals surface area contributed by atoms with Gasteiger partial charge in [0.1, 0.15) is 5.75 Å². The second kappa shape index (κ2) is 10.2. The van der Waals surface area contributed by atoms with Crippen LogP contribution in [0.1, 0.15) is 50.7 Å². The van der Waals surface area contributed by atoms with Gasteiger partial charge in [0, 0.05) is 29.2 Å². The molecule has 0 aromatic heterocycles. The Balaban J connectivity index is 2.57. The van der Waals surface area contributed by atoms with Crippen LogP contribution in [0.2, 0.25) is 0 Å². The molecule has 4 heteroatoms. The summed E-state index contributed by atoms with van der Waals surface area (Å²) < 4.78 is 7.11. The third-order valence-corrected chi connectivity index (χ3v) is 3.77. The van der Waals surface area contributed by atoms with Crippen LogP contribution in [-0.4, -0.2) is 24.4 Å². The van der Waals surface area contributed by atoms with Crippen molar-refractivity contribution in [2.75, 3.05) is 13.2 Å². The minimum absolute atomic E-state index is 0.289. The van der Waals surface area contributed by atoms with E-state index in [1.54, 1.807) is 0 Å². The molecule has 0 radical (unpaired) electrons. The molecule has 0 atom stereocenters. The third kappa shape index (κ3) is 7.30. The average molecular weight is 358 g/mol. The molecule has 0 unspecified atom stereocenters. The maximum absolute atomic E-state index is 8.76. The number of aryl methyl sites for hydroxylation is 1. The van der Waals surface area contributed by atoms with E-state index in [-0.39, 0.29) is 6.61 Å². The van der Waals surface area contributed by atoms with Gasteiger partial charge in [0.2, 0.25) is 0 Å². The van der Waals surface area contributed by atoms with Crippen molar-refractivity contribution in [1.82, 2.24) is 5.32 Å². The van der Waals surface area contributed by atoms with E-state index in [1.807, 2.05) is 0 Å². The fraction of sp³-hybridized carbons (Fsp3) is 0.647. The summed E-state index contributed by atoms with van der Waals surface area (Å²) in [5, 5.41) is 12.2. The molecule has 3 nitrogen and oxygen atoms in total. The van der Waals surface area contributed by atoms with Crippen LogP contribution >= 0.6 is 15.9 Å².